The fraction of sp³-hybridized carbons (Fsp3) is 0.562. The quantitative estimate of drug-likeness (QED) is 0.905. The predicted molar refractivity (Wildman–Crippen MR) is 92.9 cm³/mol. The number of hydrogen-bond donors (Lipinski definition) is 1. The molecule has 3 rings (SSSR count). The zero-order chi connectivity index (χ0) is 16.4. The summed E-state index contributed by atoms with van der Waals surface area (Å²) in [6.07, 6.45) is 3.28. The molecule has 0 aromatic carbocycles. The Bertz CT molecular complexity index is 678. The summed E-state index contributed by atoms with van der Waals surface area (Å²) in [6, 6.07) is 2.26. The number of hydrogen-bond acceptors (Lipinski definition) is 5. The Morgan fingerprint density at radius 1 is 1.52 bits per heavy atom. The number of thiophene rings is 1. The van der Waals surface area contributed by atoms with Gasteiger partial charge < -0.3 is 10.2 Å². The van der Waals surface area contributed by atoms with Crippen LogP contribution in [0.15, 0.2) is 0 Å². The molecule has 1 atom stereocenters. The summed E-state index contributed by atoms with van der Waals surface area (Å²) in [7, 11) is 0. The molecular weight excluding hydrogens is 330 g/mol. The summed E-state index contributed by atoms with van der Waals surface area (Å²) in [5.74, 6) is 1.31. The smallest absolute Gasteiger partial charge is 0.281 e. The van der Waals surface area contributed by atoms with E-state index in [1.165, 1.54) is 28.0 Å². The summed E-state index contributed by atoms with van der Waals surface area (Å²) in [5, 5.41) is 13.0. The van der Waals surface area contributed by atoms with Crippen LogP contribution in [-0.2, 0) is 17.6 Å². The van der Waals surface area contributed by atoms with Crippen LogP contribution in [0, 0.1) is 17.2 Å². The fourth-order valence-corrected chi connectivity index (χ4v) is 5.24. The molecular formula is C16H19N3O2S2. The molecule has 1 aromatic heterocycles. The van der Waals surface area contributed by atoms with E-state index in [1.54, 1.807) is 4.90 Å². The Morgan fingerprint density at radius 2 is 2.35 bits per heavy atom. The number of carbonyl (C=O) groups is 2. The summed E-state index contributed by atoms with van der Waals surface area (Å²) >= 11 is 2.84. The number of nitriles is 1. The second-order valence-corrected chi connectivity index (χ2v) is 8.22. The molecule has 1 aliphatic heterocycles. The monoisotopic (exact) mass is 349 g/mol. The maximum Gasteiger partial charge on any atom is 0.281 e. The molecule has 7 heteroatoms. The minimum Gasteiger partial charge on any atom is -0.332 e. The highest BCUT2D eigenvalue weighted by molar-refractivity contribution is 8.13. The van der Waals surface area contributed by atoms with Gasteiger partial charge in [0.15, 0.2) is 0 Å². The van der Waals surface area contributed by atoms with Crippen molar-refractivity contribution < 1.29 is 9.59 Å². The molecule has 2 heterocycles. The van der Waals surface area contributed by atoms with Gasteiger partial charge in [0.1, 0.15) is 11.1 Å². The third-order valence-corrected chi connectivity index (χ3v) is 6.39. The van der Waals surface area contributed by atoms with Crippen molar-refractivity contribution in [2.75, 3.05) is 24.2 Å². The standard InChI is InChI=1S/C16H19N3O2S2/c1-10-2-3-11-12(9-17)15(23-13(11)8-10)18-14(20)4-5-19-6-7-22-16(19)21/h10H,2-8H2,1H3,(H,18,20)/t10-/m0/s1. The maximum atomic E-state index is 12.2. The number of rotatable bonds is 4. The van der Waals surface area contributed by atoms with Crippen LogP contribution in [0.2, 0.25) is 0 Å². The van der Waals surface area contributed by atoms with E-state index < -0.39 is 0 Å². The van der Waals surface area contributed by atoms with E-state index in [9.17, 15) is 14.9 Å². The highest BCUT2D eigenvalue weighted by Gasteiger charge is 2.25. The Morgan fingerprint density at radius 3 is 3.04 bits per heavy atom. The number of thioether (sulfide) groups is 1. The van der Waals surface area contributed by atoms with Crippen LogP contribution in [0.4, 0.5) is 9.80 Å². The van der Waals surface area contributed by atoms with E-state index in [4.69, 9.17) is 0 Å². The van der Waals surface area contributed by atoms with Crippen LogP contribution in [-0.4, -0.2) is 34.9 Å². The average Bonchev–Trinajstić information content (AvgIpc) is 3.07. The number of nitrogens with one attached hydrogen (secondary N) is 1. The van der Waals surface area contributed by atoms with Crippen molar-refractivity contribution in [3.63, 3.8) is 0 Å². The fourth-order valence-electron chi connectivity index (χ4n) is 3.01. The van der Waals surface area contributed by atoms with Crippen LogP contribution in [0.3, 0.4) is 0 Å². The molecule has 1 fully saturated rings. The second-order valence-electron chi connectivity index (χ2n) is 6.07. The Hall–Kier alpha value is -1.52. The van der Waals surface area contributed by atoms with Gasteiger partial charge in [0.25, 0.3) is 5.24 Å². The summed E-state index contributed by atoms with van der Waals surface area (Å²) in [6.45, 7) is 3.38. The Labute approximate surface area is 144 Å². The van der Waals surface area contributed by atoms with Gasteiger partial charge in [-0.15, -0.1) is 11.3 Å². The van der Waals surface area contributed by atoms with Gasteiger partial charge in [-0.3, -0.25) is 9.59 Å². The minimum atomic E-state index is -0.127. The maximum absolute atomic E-state index is 12.2. The zero-order valence-corrected chi connectivity index (χ0v) is 14.7. The molecule has 122 valence electrons. The normalized spacial score (nSPS) is 20.3. The first-order chi connectivity index (χ1) is 11.1. The molecule has 1 aliphatic carbocycles. The number of carbonyl (C=O) groups excluding carboxylic acids is 2. The Balaban J connectivity index is 1.64. The third kappa shape index (κ3) is 3.54. The van der Waals surface area contributed by atoms with Gasteiger partial charge in [-0.1, -0.05) is 18.7 Å². The predicted octanol–water partition coefficient (Wildman–Crippen LogP) is 3.24. The highest BCUT2D eigenvalue weighted by Crippen LogP contribution is 2.39. The summed E-state index contributed by atoms with van der Waals surface area (Å²) in [4.78, 5) is 26.6. The van der Waals surface area contributed by atoms with Crippen molar-refractivity contribution >= 4 is 39.2 Å². The molecule has 0 spiro atoms. The van der Waals surface area contributed by atoms with Gasteiger partial charge in [-0.05, 0) is 30.7 Å². The minimum absolute atomic E-state index is 0.0519. The van der Waals surface area contributed by atoms with Gasteiger partial charge >= 0.3 is 0 Å². The van der Waals surface area contributed by atoms with Crippen LogP contribution in [0.25, 0.3) is 0 Å². The first kappa shape index (κ1) is 16.3. The molecule has 2 aliphatic rings. The van der Waals surface area contributed by atoms with E-state index in [-0.39, 0.29) is 17.6 Å². The second kappa shape index (κ2) is 6.93. The van der Waals surface area contributed by atoms with Gasteiger partial charge in [0, 0.05) is 30.1 Å². The van der Waals surface area contributed by atoms with Crippen molar-refractivity contribution in [3.05, 3.63) is 16.0 Å². The van der Waals surface area contributed by atoms with E-state index in [0.717, 1.165) is 30.6 Å². The molecule has 0 bridgehead atoms. The number of amides is 2. The van der Waals surface area contributed by atoms with Crippen molar-refractivity contribution in [1.29, 1.82) is 5.26 Å². The molecule has 5 nitrogen and oxygen atoms in total. The average molecular weight is 349 g/mol. The molecule has 1 aromatic rings. The first-order valence-electron chi connectivity index (χ1n) is 7.84. The van der Waals surface area contributed by atoms with E-state index in [0.29, 0.717) is 29.6 Å². The SMILES string of the molecule is C[C@H]1CCc2c(sc(NC(=O)CCN3CCSC3=O)c2C#N)C1. The first-order valence-corrected chi connectivity index (χ1v) is 9.65. The summed E-state index contributed by atoms with van der Waals surface area (Å²) in [5.41, 5.74) is 1.76. The van der Waals surface area contributed by atoms with Crippen LogP contribution >= 0.6 is 23.1 Å². The lowest BCUT2D eigenvalue weighted by Crippen LogP contribution is -2.27. The Kier molecular flexibility index (Phi) is 4.93. The molecule has 0 saturated carbocycles. The lowest BCUT2D eigenvalue weighted by molar-refractivity contribution is -0.116. The molecule has 1 saturated heterocycles. The van der Waals surface area contributed by atoms with E-state index in [1.807, 2.05) is 0 Å². The lowest BCUT2D eigenvalue weighted by atomic mass is 9.89. The zero-order valence-electron chi connectivity index (χ0n) is 13.1. The van der Waals surface area contributed by atoms with Gasteiger partial charge in [-0.2, -0.15) is 5.26 Å². The topological polar surface area (TPSA) is 73.2 Å². The highest BCUT2D eigenvalue weighted by atomic mass is 32.2. The van der Waals surface area contributed by atoms with Crippen molar-refractivity contribution in [3.8, 4) is 6.07 Å². The molecule has 2 amide bonds. The number of nitrogens with zero attached hydrogens (tertiary/aromatic N) is 2. The third-order valence-electron chi connectivity index (χ3n) is 4.33. The molecule has 1 N–H and O–H groups in total. The van der Waals surface area contributed by atoms with Gasteiger partial charge in [0.2, 0.25) is 5.91 Å². The molecule has 0 unspecified atom stereocenters. The molecule has 23 heavy (non-hydrogen) atoms. The number of fused-ring (bicyclic) bond motifs is 1. The van der Waals surface area contributed by atoms with Gasteiger partial charge in [-0.25, -0.2) is 0 Å². The van der Waals surface area contributed by atoms with Crippen LogP contribution < -0.4 is 5.32 Å². The summed E-state index contributed by atoms with van der Waals surface area (Å²) < 4.78 is 0. The van der Waals surface area contributed by atoms with E-state index in [2.05, 4.69) is 18.3 Å². The van der Waals surface area contributed by atoms with Crippen LogP contribution in [0.1, 0.15) is 35.8 Å². The van der Waals surface area contributed by atoms with E-state index >= 15 is 0 Å². The largest absolute Gasteiger partial charge is 0.332 e. The van der Waals surface area contributed by atoms with Crippen molar-refractivity contribution in [2.24, 2.45) is 5.92 Å². The van der Waals surface area contributed by atoms with Crippen LogP contribution in [0.5, 0.6) is 0 Å². The van der Waals surface area contributed by atoms with Crippen molar-refractivity contribution in [1.82, 2.24) is 4.90 Å². The van der Waals surface area contributed by atoms with Crippen molar-refractivity contribution in [2.45, 2.75) is 32.6 Å². The lowest BCUT2D eigenvalue weighted by Gasteiger charge is -2.17. The molecule has 0 radical (unpaired) electrons. The van der Waals surface area contributed by atoms with Gasteiger partial charge in [0.05, 0.1) is 5.56 Å². The number of anilines is 1.